The number of methoxy groups -OCH3 is 1. The normalized spacial score (nSPS) is 10.0. The van der Waals surface area contributed by atoms with Gasteiger partial charge in [-0.05, 0) is 31.2 Å². The molecule has 2 rings (SSSR count). The average Bonchev–Trinajstić information content (AvgIpc) is 2.35. The van der Waals surface area contributed by atoms with E-state index in [9.17, 15) is 0 Å². The minimum absolute atomic E-state index is 0.564. The molecule has 0 bridgehead atoms. The monoisotopic (exact) mass is 230 g/mol. The summed E-state index contributed by atoms with van der Waals surface area (Å²) in [6.07, 6.45) is 1.72. The highest BCUT2D eigenvalue weighted by atomic mass is 16.5. The van der Waals surface area contributed by atoms with Crippen LogP contribution in [-0.4, -0.2) is 12.1 Å². The first-order valence-electron chi connectivity index (χ1n) is 5.23. The summed E-state index contributed by atoms with van der Waals surface area (Å²) in [4.78, 5) is 4.15. The molecule has 0 aliphatic heterocycles. The Labute approximate surface area is 100 Å². The number of ether oxygens (including phenoxy) is 2. The van der Waals surface area contributed by atoms with E-state index in [4.69, 9.17) is 15.2 Å². The number of anilines is 1. The largest absolute Gasteiger partial charge is 0.497 e. The number of benzene rings is 1. The van der Waals surface area contributed by atoms with Crippen LogP contribution in [0.1, 0.15) is 5.69 Å². The fourth-order valence-corrected chi connectivity index (χ4v) is 1.43. The molecule has 2 N–H and O–H groups in total. The molecule has 17 heavy (non-hydrogen) atoms. The maximum Gasteiger partial charge on any atom is 0.154 e. The highest BCUT2D eigenvalue weighted by Crippen LogP contribution is 2.31. The van der Waals surface area contributed by atoms with Gasteiger partial charge < -0.3 is 15.2 Å². The van der Waals surface area contributed by atoms with E-state index >= 15 is 0 Å². The molecule has 0 spiro atoms. The van der Waals surface area contributed by atoms with Gasteiger partial charge in [-0.25, -0.2) is 0 Å². The Hall–Kier alpha value is -2.23. The molecule has 0 aliphatic carbocycles. The number of pyridine rings is 1. The molecule has 0 radical (unpaired) electrons. The Bertz CT molecular complexity index is 527. The van der Waals surface area contributed by atoms with Crippen LogP contribution in [0, 0.1) is 6.92 Å². The second-order valence-corrected chi connectivity index (χ2v) is 3.59. The fourth-order valence-electron chi connectivity index (χ4n) is 1.43. The van der Waals surface area contributed by atoms with Crippen molar-refractivity contribution in [3.05, 3.63) is 42.2 Å². The molecule has 1 aromatic heterocycles. The third-order valence-corrected chi connectivity index (χ3v) is 2.40. The number of rotatable bonds is 3. The first kappa shape index (κ1) is 11.3. The van der Waals surface area contributed by atoms with Crippen molar-refractivity contribution in [3.63, 3.8) is 0 Å². The standard InChI is InChI=1S/C13H14N2O2/c1-9-12(4-3-7-15-9)17-13-8-10(16-2)5-6-11(13)14/h3-8H,14H2,1-2H3. The SMILES string of the molecule is COc1ccc(N)c(Oc2cccnc2C)c1. The lowest BCUT2D eigenvalue weighted by molar-refractivity contribution is 0.409. The van der Waals surface area contributed by atoms with E-state index in [1.165, 1.54) is 0 Å². The molecule has 0 fully saturated rings. The molecule has 0 saturated carbocycles. The maximum atomic E-state index is 5.84. The van der Waals surface area contributed by atoms with E-state index in [-0.39, 0.29) is 0 Å². The van der Waals surface area contributed by atoms with E-state index in [2.05, 4.69) is 4.98 Å². The van der Waals surface area contributed by atoms with Crippen LogP contribution in [0.3, 0.4) is 0 Å². The molecule has 0 atom stereocenters. The van der Waals surface area contributed by atoms with Crippen LogP contribution in [-0.2, 0) is 0 Å². The first-order chi connectivity index (χ1) is 8.20. The van der Waals surface area contributed by atoms with E-state index in [1.54, 1.807) is 31.5 Å². The maximum absolute atomic E-state index is 5.84. The number of nitrogen functional groups attached to an aromatic ring is 1. The van der Waals surface area contributed by atoms with Gasteiger partial charge in [0.15, 0.2) is 5.75 Å². The molecule has 0 amide bonds. The van der Waals surface area contributed by atoms with Gasteiger partial charge in [0.2, 0.25) is 0 Å². The summed E-state index contributed by atoms with van der Waals surface area (Å²) in [7, 11) is 1.60. The zero-order valence-corrected chi connectivity index (χ0v) is 9.81. The second-order valence-electron chi connectivity index (χ2n) is 3.59. The zero-order chi connectivity index (χ0) is 12.3. The van der Waals surface area contributed by atoms with E-state index < -0.39 is 0 Å². The summed E-state index contributed by atoms with van der Waals surface area (Å²) >= 11 is 0. The van der Waals surface area contributed by atoms with Crippen LogP contribution in [0.2, 0.25) is 0 Å². The summed E-state index contributed by atoms with van der Waals surface area (Å²) in [5.74, 6) is 1.96. The zero-order valence-electron chi connectivity index (χ0n) is 9.81. The topological polar surface area (TPSA) is 57.4 Å². The molecule has 0 aliphatic rings. The lowest BCUT2D eigenvalue weighted by atomic mass is 10.2. The van der Waals surface area contributed by atoms with Crippen molar-refractivity contribution in [1.82, 2.24) is 4.98 Å². The van der Waals surface area contributed by atoms with E-state index in [1.807, 2.05) is 19.1 Å². The number of hydrogen-bond acceptors (Lipinski definition) is 4. The van der Waals surface area contributed by atoms with Gasteiger partial charge >= 0.3 is 0 Å². The number of hydrogen-bond donors (Lipinski definition) is 1. The summed E-state index contributed by atoms with van der Waals surface area (Å²) < 4.78 is 10.8. The molecule has 0 saturated heterocycles. The smallest absolute Gasteiger partial charge is 0.154 e. The first-order valence-corrected chi connectivity index (χ1v) is 5.23. The number of aryl methyl sites for hydroxylation is 1. The van der Waals surface area contributed by atoms with Crippen molar-refractivity contribution in [2.75, 3.05) is 12.8 Å². The van der Waals surface area contributed by atoms with Crippen molar-refractivity contribution >= 4 is 5.69 Å². The minimum Gasteiger partial charge on any atom is -0.497 e. The molecule has 1 aromatic carbocycles. The molecule has 0 unspecified atom stereocenters. The molecule has 1 heterocycles. The number of aromatic nitrogens is 1. The lowest BCUT2D eigenvalue weighted by Gasteiger charge is -2.11. The third kappa shape index (κ3) is 2.47. The molecular formula is C13H14N2O2. The van der Waals surface area contributed by atoms with Gasteiger partial charge in [-0.1, -0.05) is 0 Å². The minimum atomic E-state index is 0.564. The number of nitrogens with two attached hydrogens (primary N) is 1. The fraction of sp³-hybridized carbons (Fsp3) is 0.154. The summed E-state index contributed by atoms with van der Waals surface area (Å²) in [6, 6.07) is 8.96. The van der Waals surface area contributed by atoms with Crippen molar-refractivity contribution < 1.29 is 9.47 Å². The van der Waals surface area contributed by atoms with Crippen molar-refractivity contribution in [3.8, 4) is 17.2 Å². The Balaban J connectivity index is 2.32. The Morgan fingerprint density at radius 3 is 2.71 bits per heavy atom. The lowest BCUT2D eigenvalue weighted by Crippen LogP contribution is -1.95. The van der Waals surface area contributed by atoms with E-state index in [0.29, 0.717) is 22.9 Å². The van der Waals surface area contributed by atoms with Gasteiger partial charge in [-0.15, -0.1) is 0 Å². The van der Waals surface area contributed by atoms with Crippen LogP contribution in [0.4, 0.5) is 5.69 Å². The van der Waals surface area contributed by atoms with Crippen LogP contribution >= 0.6 is 0 Å². The summed E-state index contributed by atoms with van der Waals surface area (Å²) in [6.45, 7) is 1.88. The predicted molar refractivity (Wildman–Crippen MR) is 66.5 cm³/mol. The quantitative estimate of drug-likeness (QED) is 0.824. The van der Waals surface area contributed by atoms with Gasteiger partial charge in [0.25, 0.3) is 0 Å². The van der Waals surface area contributed by atoms with Gasteiger partial charge in [-0.2, -0.15) is 0 Å². The van der Waals surface area contributed by atoms with Gasteiger partial charge in [-0.3, -0.25) is 4.98 Å². The van der Waals surface area contributed by atoms with E-state index in [0.717, 1.165) is 5.69 Å². The van der Waals surface area contributed by atoms with Crippen molar-refractivity contribution in [2.24, 2.45) is 0 Å². The van der Waals surface area contributed by atoms with Crippen molar-refractivity contribution in [2.45, 2.75) is 6.92 Å². The second kappa shape index (κ2) is 4.74. The average molecular weight is 230 g/mol. The molecular weight excluding hydrogens is 216 g/mol. The van der Waals surface area contributed by atoms with Crippen LogP contribution in [0.5, 0.6) is 17.2 Å². The van der Waals surface area contributed by atoms with Crippen LogP contribution < -0.4 is 15.2 Å². The Kier molecular flexibility index (Phi) is 3.14. The highest BCUT2D eigenvalue weighted by molar-refractivity contribution is 5.57. The van der Waals surface area contributed by atoms with Gasteiger partial charge in [0.05, 0.1) is 18.5 Å². The van der Waals surface area contributed by atoms with Crippen LogP contribution in [0.15, 0.2) is 36.5 Å². The molecule has 88 valence electrons. The molecule has 4 nitrogen and oxygen atoms in total. The molecule has 2 aromatic rings. The van der Waals surface area contributed by atoms with Crippen molar-refractivity contribution in [1.29, 1.82) is 0 Å². The highest BCUT2D eigenvalue weighted by Gasteiger charge is 2.06. The summed E-state index contributed by atoms with van der Waals surface area (Å²) in [5, 5.41) is 0. The predicted octanol–water partition coefficient (Wildman–Crippen LogP) is 2.77. The van der Waals surface area contributed by atoms with Crippen LogP contribution in [0.25, 0.3) is 0 Å². The Morgan fingerprint density at radius 1 is 1.18 bits per heavy atom. The van der Waals surface area contributed by atoms with Gasteiger partial charge in [0.1, 0.15) is 11.5 Å². The summed E-state index contributed by atoms with van der Waals surface area (Å²) in [5.41, 5.74) is 7.22. The molecule has 4 heteroatoms. The third-order valence-electron chi connectivity index (χ3n) is 2.40. The Morgan fingerprint density at radius 2 is 2.00 bits per heavy atom. The number of nitrogens with zero attached hydrogens (tertiary/aromatic N) is 1. The van der Waals surface area contributed by atoms with Gasteiger partial charge in [0, 0.05) is 12.3 Å².